The quantitative estimate of drug-likeness (QED) is 0.513. The van der Waals surface area contributed by atoms with Crippen molar-refractivity contribution in [2.75, 3.05) is 0 Å². The molecule has 174 valence electrons. The van der Waals surface area contributed by atoms with Gasteiger partial charge in [0.1, 0.15) is 6.10 Å². The summed E-state index contributed by atoms with van der Waals surface area (Å²) < 4.78 is 169. The molecule has 1 aromatic carbocycles. The van der Waals surface area contributed by atoms with Crippen LogP contribution in [0.4, 0.5) is 57.1 Å². The number of aliphatic hydroxyl groups is 2. The highest BCUT2D eigenvalue weighted by Gasteiger charge is 2.91. The molecule has 30 heavy (non-hydrogen) atoms. The molecule has 0 aliphatic carbocycles. The van der Waals surface area contributed by atoms with Gasteiger partial charge in [0.15, 0.2) is 0 Å². The Kier molecular flexibility index (Phi) is 6.77. The minimum atomic E-state index is -8.04. The van der Waals surface area contributed by atoms with Crippen molar-refractivity contribution in [3.63, 3.8) is 0 Å². The van der Waals surface area contributed by atoms with Crippen molar-refractivity contribution >= 4 is 0 Å². The van der Waals surface area contributed by atoms with Gasteiger partial charge in [0.25, 0.3) is 0 Å². The number of alkyl halides is 13. The predicted octanol–water partition coefficient (Wildman–Crippen LogP) is 5.21. The highest BCUT2D eigenvalue weighted by molar-refractivity contribution is 5.18. The Hall–Kier alpha value is -1.77. The summed E-state index contributed by atoms with van der Waals surface area (Å²) in [5, 5.41) is 18.7. The summed E-state index contributed by atoms with van der Waals surface area (Å²) in [5.41, 5.74) is -0.323. The second-order valence-corrected chi connectivity index (χ2v) is 6.10. The van der Waals surface area contributed by atoms with Crippen LogP contribution in [0.2, 0.25) is 0 Å². The normalized spacial score (nSPS) is 17.0. The maximum absolute atomic E-state index is 13.7. The molecule has 0 spiro atoms. The molecule has 2 nitrogen and oxygen atoms in total. The van der Waals surface area contributed by atoms with Crippen LogP contribution in [0.1, 0.15) is 18.1 Å². The number of aliphatic hydroxyl groups excluding tert-OH is 2. The van der Waals surface area contributed by atoms with Crippen molar-refractivity contribution in [3.05, 3.63) is 35.9 Å². The first-order valence-corrected chi connectivity index (χ1v) is 7.53. The first kappa shape index (κ1) is 26.3. The lowest BCUT2D eigenvalue weighted by Crippen LogP contribution is -2.71. The Morgan fingerprint density at radius 1 is 0.600 bits per heavy atom. The zero-order valence-corrected chi connectivity index (χ0v) is 14.1. The van der Waals surface area contributed by atoms with Crippen LogP contribution in [0.3, 0.4) is 0 Å². The van der Waals surface area contributed by atoms with Gasteiger partial charge < -0.3 is 10.2 Å². The molecule has 1 aromatic rings. The third-order valence-electron chi connectivity index (χ3n) is 4.01. The molecular weight excluding hydrogens is 459 g/mol. The first-order valence-electron chi connectivity index (χ1n) is 7.53. The smallest absolute Gasteiger partial charge is 0.388 e. The standard InChI is InChI=1S/C15H11F13O2/c16-10(17,9(30)6-8(29)7-4-2-1-3-5-7)11(18,19)12(20,21)13(22,23)14(24,25)15(26,27)28/h1-5,8-9,29-30H,6H2. The molecule has 0 saturated heterocycles. The average molecular weight is 470 g/mol. The van der Waals surface area contributed by atoms with Gasteiger partial charge in [-0.05, 0) is 5.56 Å². The van der Waals surface area contributed by atoms with Crippen molar-refractivity contribution < 1.29 is 67.3 Å². The third kappa shape index (κ3) is 3.92. The van der Waals surface area contributed by atoms with E-state index in [-0.39, 0.29) is 5.56 Å². The highest BCUT2D eigenvalue weighted by atomic mass is 19.4. The van der Waals surface area contributed by atoms with Crippen LogP contribution in [0.5, 0.6) is 0 Å². The second kappa shape index (κ2) is 7.73. The van der Waals surface area contributed by atoms with E-state index in [1.807, 2.05) is 0 Å². The van der Waals surface area contributed by atoms with Gasteiger partial charge in [-0.3, -0.25) is 0 Å². The van der Waals surface area contributed by atoms with E-state index in [0.29, 0.717) is 0 Å². The molecule has 15 heteroatoms. The maximum Gasteiger partial charge on any atom is 0.460 e. The lowest BCUT2D eigenvalue weighted by Gasteiger charge is -2.41. The van der Waals surface area contributed by atoms with Gasteiger partial charge >= 0.3 is 35.8 Å². The number of rotatable bonds is 8. The van der Waals surface area contributed by atoms with E-state index in [2.05, 4.69) is 0 Å². The Balaban J connectivity index is 3.31. The zero-order chi connectivity index (χ0) is 24.0. The van der Waals surface area contributed by atoms with Crippen molar-refractivity contribution in [3.8, 4) is 0 Å². The van der Waals surface area contributed by atoms with Crippen molar-refractivity contribution in [1.29, 1.82) is 0 Å². The number of hydrogen-bond donors (Lipinski definition) is 2. The van der Waals surface area contributed by atoms with Crippen LogP contribution in [-0.2, 0) is 0 Å². The van der Waals surface area contributed by atoms with Crippen LogP contribution in [0.25, 0.3) is 0 Å². The van der Waals surface area contributed by atoms with E-state index in [1.54, 1.807) is 0 Å². The fourth-order valence-electron chi connectivity index (χ4n) is 2.16. The van der Waals surface area contributed by atoms with Crippen LogP contribution in [0.15, 0.2) is 30.3 Å². The number of halogens is 13. The highest BCUT2D eigenvalue weighted by Crippen LogP contribution is 2.60. The molecule has 0 bridgehead atoms. The lowest BCUT2D eigenvalue weighted by molar-refractivity contribution is -0.444. The fraction of sp³-hybridized carbons (Fsp3) is 0.600. The molecule has 0 amide bonds. The fourth-order valence-corrected chi connectivity index (χ4v) is 2.16. The Bertz CT molecular complexity index is 715. The van der Waals surface area contributed by atoms with Crippen LogP contribution < -0.4 is 0 Å². The van der Waals surface area contributed by atoms with Crippen molar-refractivity contribution in [2.24, 2.45) is 0 Å². The second-order valence-electron chi connectivity index (χ2n) is 6.10. The van der Waals surface area contributed by atoms with Gasteiger partial charge in [-0.2, -0.15) is 57.1 Å². The van der Waals surface area contributed by atoms with Gasteiger partial charge in [0, 0.05) is 6.42 Å². The summed E-state index contributed by atoms with van der Waals surface area (Å²) in [6.45, 7) is 0. The van der Waals surface area contributed by atoms with E-state index < -0.39 is 54.4 Å². The van der Waals surface area contributed by atoms with Gasteiger partial charge in [0.05, 0.1) is 6.10 Å². The SMILES string of the molecule is OC(CC(O)C(F)(F)C(F)(F)C(F)(F)C(F)(F)C(F)(F)C(F)(F)F)c1ccccc1. The molecule has 1 rings (SSSR count). The average Bonchev–Trinajstić information content (AvgIpc) is 2.60. The maximum atomic E-state index is 13.7. The van der Waals surface area contributed by atoms with E-state index in [0.717, 1.165) is 12.1 Å². The Morgan fingerprint density at radius 3 is 1.40 bits per heavy atom. The van der Waals surface area contributed by atoms with E-state index in [4.69, 9.17) is 5.11 Å². The number of benzene rings is 1. The molecule has 0 heterocycles. The van der Waals surface area contributed by atoms with Gasteiger partial charge in [-0.15, -0.1) is 0 Å². The number of hydrogen-bond acceptors (Lipinski definition) is 2. The van der Waals surface area contributed by atoms with Gasteiger partial charge in [0.2, 0.25) is 0 Å². The summed E-state index contributed by atoms with van der Waals surface area (Å²) in [4.78, 5) is 0. The summed E-state index contributed by atoms with van der Waals surface area (Å²) >= 11 is 0. The molecule has 0 saturated carbocycles. The summed E-state index contributed by atoms with van der Waals surface area (Å²) in [5.74, 6) is -38.1. The van der Waals surface area contributed by atoms with Crippen molar-refractivity contribution in [2.45, 2.75) is 54.4 Å². The minimum absolute atomic E-state index is 0.323. The molecule has 2 unspecified atom stereocenters. The van der Waals surface area contributed by atoms with Crippen LogP contribution in [-0.4, -0.2) is 52.1 Å². The zero-order valence-electron chi connectivity index (χ0n) is 14.1. The molecule has 0 aromatic heterocycles. The minimum Gasteiger partial charge on any atom is -0.388 e. The summed E-state index contributed by atoms with van der Waals surface area (Å²) in [6.07, 6.45) is -15.7. The predicted molar refractivity (Wildman–Crippen MR) is 72.8 cm³/mol. The third-order valence-corrected chi connectivity index (χ3v) is 4.01. The Labute approximate surface area is 158 Å². The molecular formula is C15H11F13O2. The molecule has 0 aliphatic heterocycles. The molecule has 0 aliphatic rings. The van der Waals surface area contributed by atoms with Gasteiger partial charge in [-0.1, -0.05) is 30.3 Å². The largest absolute Gasteiger partial charge is 0.460 e. The molecule has 0 fully saturated rings. The Morgan fingerprint density at radius 2 is 1.00 bits per heavy atom. The molecule has 0 radical (unpaired) electrons. The van der Waals surface area contributed by atoms with E-state index in [1.165, 1.54) is 18.2 Å². The lowest BCUT2D eigenvalue weighted by atomic mass is 9.89. The molecule has 2 N–H and O–H groups in total. The summed E-state index contributed by atoms with van der Waals surface area (Å²) in [6, 6.07) is 5.71. The topological polar surface area (TPSA) is 40.5 Å². The van der Waals surface area contributed by atoms with Crippen LogP contribution in [0, 0.1) is 0 Å². The first-order chi connectivity index (χ1) is 13.2. The van der Waals surface area contributed by atoms with Crippen LogP contribution >= 0.6 is 0 Å². The molecule has 2 atom stereocenters. The van der Waals surface area contributed by atoms with E-state index >= 15 is 0 Å². The van der Waals surface area contributed by atoms with Crippen molar-refractivity contribution in [1.82, 2.24) is 0 Å². The summed E-state index contributed by atoms with van der Waals surface area (Å²) in [7, 11) is 0. The van der Waals surface area contributed by atoms with Gasteiger partial charge in [-0.25, -0.2) is 0 Å². The van der Waals surface area contributed by atoms with E-state index in [9.17, 15) is 62.2 Å². The monoisotopic (exact) mass is 470 g/mol.